The summed E-state index contributed by atoms with van der Waals surface area (Å²) in [6, 6.07) is 6.08. The van der Waals surface area contributed by atoms with Gasteiger partial charge in [0.05, 0.1) is 5.56 Å². The molecule has 6 heteroatoms. The molecule has 2 rings (SSSR count). The maximum absolute atomic E-state index is 13.1. The topological polar surface area (TPSA) is 58.7 Å². The van der Waals surface area contributed by atoms with Gasteiger partial charge in [-0.15, -0.1) is 0 Å². The lowest BCUT2D eigenvalue weighted by molar-refractivity contribution is 0.509. The Morgan fingerprint density at radius 3 is 2.61 bits per heavy atom. The number of nitrogens with zero attached hydrogens (tertiary/aromatic N) is 3. The van der Waals surface area contributed by atoms with Gasteiger partial charge in [-0.05, 0) is 18.2 Å². The fourth-order valence-electron chi connectivity index (χ4n) is 1.48. The number of aryl methyl sites for hydroxylation is 1. The van der Waals surface area contributed by atoms with E-state index in [0.29, 0.717) is 0 Å². The van der Waals surface area contributed by atoms with E-state index in [1.165, 1.54) is 13.1 Å². The van der Waals surface area contributed by atoms with Gasteiger partial charge in [0.15, 0.2) is 11.6 Å². The van der Waals surface area contributed by atoms with Gasteiger partial charge in [0.25, 0.3) is 5.56 Å². The van der Waals surface area contributed by atoms with Crippen LogP contribution in [0.15, 0.2) is 29.1 Å². The van der Waals surface area contributed by atoms with Crippen LogP contribution in [0.5, 0.6) is 0 Å². The first-order valence-electron chi connectivity index (χ1n) is 4.97. The molecule has 0 amide bonds. The molecule has 0 aliphatic rings. The first-order valence-corrected chi connectivity index (χ1v) is 4.97. The molecule has 4 nitrogen and oxygen atoms in total. The molecule has 0 atom stereocenters. The molecule has 0 saturated heterocycles. The van der Waals surface area contributed by atoms with Crippen LogP contribution in [0.4, 0.5) is 8.78 Å². The van der Waals surface area contributed by atoms with Crippen LogP contribution in [0.3, 0.4) is 0 Å². The maximum Gasteiger partial charge on any atom is 0.267 e. The molecule has 0 bridgehead atoms. The Morgan fingerprint density at radius 2 is 2.00 bits per heavy atom. The van der Waals surface area contributed by atoms with Crippen molar-refractivity contribution in [1.82, 2.24) is 9.78 Å². The molecule has 1 aromatic heterocycles. The molecule has 1 heterocycles. The van der Waals surface area contributed by atoms with Crippen LogP contribution < -0.4 is 5.56 Å². The molecule has 2 aromatic rings. The monoisotopic (exact) mass is 247 g/mol. The lowest BCUT2D eigenvalue weighted by atomic mass is 10.1. The van der Waals surface area contributed by atoms with Crippen LogP contribution in [0.1, 0.15) is 5.56 Å². The molecule has 1 aromatic carbocycles. The summed E-state index contributed by atoms with van der Waals surface area (Å²) in [5.41, 5.74) is -0.0541. The molecule has 0 N–H and O–H groups in total. The second-order valence-corrected chi connectivity index (χ2v) is 3.61. The van der Waals surface area contributed by atoms with Crippen LogP contribution in [-0.4, -0.2) is 9.78 Å². The van der Waals surface area contributed by atoms with E-state index < -0.39 is 17.2 Å². The Balaban J connectivity index is 2.71. The first kappa shape index (κ1) is 11.9. The molecular weight excluding hydrogens is 240 g/mol. The van der Waals surface area contributed by atoms with Crippen molar-refractivity contribution in [1.29, 1.82) is 5.26 Å². The van der Waals surface area contributed by atoms with E-state index in [0.717, 1.165) is 22.9 Å². The van der Waals surface area contributed by atoms with E-state index >= 15 is 0 Å². The number of benzene rings is 1. The molecule has 0 spiro atoms. The minimum absolute atomic E-state index is 0.0177. The van der Waals surface area contributed by atoms with Gasteiger partial charge in [-0.1, -0.05) is 0 Å². The molecule has 0 saturated carbocycles. The van der Waals surface area contributed by atoms with Gasteiger partial charge in [-0.25, -0.2) is 13.5 Å². The second kappa shape index (κ2) is 4.37. The molecule has 0 radical (unpaired) electrons. The van der Waals surface area contributed by atoms with E-state index in [2.05, 4.69) is 5.10 Å². The third-order valence-electron chi connectivity index (χ3n) is 2.41. The third kappa shape index (κ3) is 1.98. The van der Waals surface area contributed by atoms with Gasteiger partial charge in [0, 0.05) is 18.7 Å². The molecular formula is C12H7F2N3O. The van der Waals surface area contributed by atoms with Gasteiger partial charge in [0.2, 0.25) is 0 Å². The highest BCUT2D eigenvalue weighted by Gasteiger charge is 2.12. The summed E-state index contributed by atoms with van der Waals surface area (Å²) < 4.78 is 27.0. The third-order valence-corrected chi connectivity index (χ3v) is 2.41. The summed E-state index contributed by atoms with van der Waals surface area (Å²) in [6.07, 6.45) is 0. The molecule has 0 aliphatic carbocycles. The predicted octanol–water partition coefficient (Wildman–Crippen LogP) is 1.60. The standard InChI is InChI=1S/C12H7F2N3O/c1-17-11(18)5-8(6-15)12(16-17)7-2-3-9(13)10(14)4-7/h2-5H,1H3. The Kier molecular flexibility index (Phi) is 2.90. The van der Waals surface area contributed by atoms with Crippen molar-refractivity contribution in [2.24, 2.45) is 7.05 Å². The number of hydrogen-bond acceptors (Lipinski definition) is 3. The molecule has 0 aliphatic heterocycles. The van der Waals surface area contributed by atoms with Gasteiger partial charge in [0.1, 0.15) is 11.8 Å². The van der Waals surface area contributed by atoms with Crippen molar-refractivity contribution in [2.75, 3.05) is 0 Å². The zero-order chi connectivity index (χ0) is 13.3. The minimum atomic E-state index is -1.04. The van der Waals surface area contributed by atoms with E-state index in [9.17, 15) is 13.6 Å². The minimum Gasteiger partial charge on any atom is -0.268 e. The van der Waals surface area contributed by atoms with Crippen molar-refractivity contribution < 1.29 is 8.78 Å². The second-order valence-electron chi connectivity index (χ2n) is 3.61. The zero-order valence-electron chi connectivity index (χ0n) is 9.32. The summed E-state index contributed by atoms with van der Waals surface area (Å²) in [5.74, 6) is -2.02. The predicted molar refractivity (Wildman–Crippen MR) is 59.5 cm³/mol. The highest BCUT2D eigenvalue weighted by Crippen LogP contribution is 2.21. The average molecular weight is 247 g/mol. The quantitative estimate of drug-likeness (QED) is 0.769. The largest absolute Gasteiger partial charge is 0.268 e. The first-order chi connectivity index (χ1) is 8.52. The van der Waals surface area contributed by atoms with Crippen molar-refractivity contribution >= 4 is 0 Å². The summed E-state index contributed by atoms with van der Waals surface area (Å²) >= 11 is 0. The Labute approximate surface area is 101 Å². The van der Waals surface area contributed by atoms with Gasteiger partial charge >= 0.3 is 0 Å². The molecule has 18 heavy (non-hydrogen) atoms. The fraction of sp³-hybridized carbons (Fsp3) is 0.0833. The van der Waals surface area contributed by atoms with E-state index in [4.69, 9.17) is 5.26 Å². The van der Waals surface area contributed by atoms with E-state index in [1.807, 2.05) is 0 Å². The van der Waals surface area contributed by atoms with E-state index in [-0.39, 0.29) is 16.8 Å². The van der Waals surface area contributed by atoms with Gasteiger partial charge in [-0.2, -0.15) is 10.4 Å². The summed E-state index contributed by atoms with van der Waals surface area (Å²) in [6.45, 7) is 0. The van der Waals surface area contributed by atoms with Crippen LogP contribution >= 0.6 is 0 Å². The zero-order valence-corrected chi connectivity index (χ0v) is 9.32. The summed E-state index contributed by atoms with van der Waals surface area (Å²) in [7, 11) is 1.41. The Hall–Kier alpha value is -2.55. The SMILES string of the molecule is Cn1nc(-c2ccc(F)c(F)c2)c(C#N)cc1=O. The van der Waals surface area contributed by atoms with Crippen molar-refractivity contribution in [3.05, 3.63) is 51.8 Å². The number of aromatic nitrogens is 2. The van der Waals surface area contributed by atoms with Gasteiger partial charge < -0.3 is 0 Å². The lowest BCUT2D eigenvalue weighted by Gasteiger charge is -2.05. The smallest absolute Gasteiger partial charge is 0.267 e. The van der Waals surface area contributed by atoms with Crippen molar-refractivity contribution in [3.63, 3.8) is 0 Å². The lowest BCUT2D eigenvalue weighted by Crippen LogP contribution is -2.20. The Bertz CT molecular complexity index is 716. The van der Waals surface area contributed by atoms with Crippen molar-refractivity contribution in [3.8, 4) is 17.3 Å². The normalized spacial score (nSPS) is 10.1. The average Bonchev–Trinajstić information content (AvgIpc) is 2.35. The maximum atomic E-state index is 13.1. The number of halogens is 2. The highest BCUT2D eigenvalue weighted by molar-refractivity contribution is 5.65. The van der Waals surface area contributed by atoms with Crippen LogP contribution in [0.2, 0.25) is 0 Å². The van der Waals surface area contributed by atoms with Crippen molar-refractivity contribution in [2.45, 2.75) is 0 Å². The number of nitriles is 1. The summed E-state index contributed by atoms with van der Waals surface area (Å²) in [4.78, 5) is 11.3. The molecule has 90 valence electrons. The van der Waals surface area contributed by atoms with Crippen LogP contribution in [-0.2, 0) is 7.05 Å². The fourth-order valence-corrected chi connectivity index (χ4v) is 1.48. The van der Waals surface area contributed by atoms with Crippen LogP contribution in [0.25, 0.3) is 11.3 Å². The van der Waals surface area contributed by atoms with Gasteiger partial charge in [-0.3, -0.25) is 4.79 Å². The van der Waals surface area contributed by atoms with Crippen LogP contribution in [0, 0.1) is 23.0 Å². The summed E-state index contributed by atoms with van der Waals surface area (Å²) in [5, 5.41) is 12.8. The molecule has 0 unspecified atom stereocenters. The Morgan fingerprint density at radius 1 is 1.28 bits per heavy atom. The van der Waals surface area contributed by atoms with E-state index in [1.54, 1.807) is 6.07 Å². The number of hydrogen-bond donors (Lipinski definition) is 0. The highest BCUT2D eigenvalue weighted by atomic mass is 19.2. The molecule has 0 fully saturated rings. The number of rotatable bonds is 1.